The van der Waals surface area contributed by atoms with Crippen LogP contribution in [0.1, 0.15) is 13.3 Å². The van der Waals surface area contributed by atoms with E-state index in [1.54, 1.807) is 0 Å². The lowest BCUT2D eigenvalue weighted by Gasteiger charge is -1.89. The van der Waals surface area contributed by atoms with Crippen LogP contribution in [0.4, 0.5) is 0 Å². The molecule has 36 valence electrons. The van der Waals surface area contributed by atoms with E-state index < -0.39 is 0 Å². The van der Waals surface area contributed by atoms with Crippen LogP contribution in [0.15, 0.2) is 0 Å². The van der Waals surface area contributed by atoms with Gasteiger partial charge in [0.15, 0.2) is 0 Å². The van der Waals surface area contributed by atoms with E-state index in [1.807, 2.05) is 0 Å². The zero-order valence-corrected chi connectivity index (χ0v) is 5.90. The first-order valence-electron chi connectivity index (χ1n) is 2.07. The molecule has 2 heteroatoms. The summed E-state index contributed by atoms with van der Waals surface area (Å²) in [4.78, 5) is 0. The SMILES string of the molecule is CC1(I)CC1N. The normalized spacial score (nSPS) is 55.5. The van der Waals surface area contributed by atoms with Crippen LogP contribution in [0, 0.1) is 0 Å². The highest BCUT2D eigenvalue weighted by atomic mass is 127. The van der Waals surface area contributed by atoms with E-state index >= 15 is 0 Å². The first-order valence-corrected chi connectivity index (χ1v) is 3.15. The predicted octanol–water partition coefficient (Wildman–Crippen LogP) is 0.911. The Morgan fingerprint density at radius 2 is 2.17 bits per heavy atom. The monoisotopic (exact) mass is 197 g/mol. The Hall–Kier alpha value is 0.690. The van der Waals surface area contributed by atoms with Crippen LogP contribution >= 0.6 is 22.6 Å². The molecule has 1 rings (SSSR count). The second kappa shape index (κ2) is 1.10. The molecular formula is C4H8IN. The molecule has 1 fully saturated rings. The molecule has 0 radical (unpaired) electrons. The molecule has 6 heavy (non-hydrogen) atoms. The average Bonchev–Trinajstić information content (AvgIpc) is 1.73. The second-order valence-corrected chi connectivity index (χ2v) is 4.55. The van der Waals surface area contributed by atoms with Gasteiger partial charge < -0.3 is 5.73 Å². The Labute approximate surface area is 51.4 Å². The highest BCUT2D eigenvalue weighted by Gasteiger charge is 2.44. The van der Waals surface area contributed by atoms with Crippen LogP contribution in [-0.4, -0.2) is 9.46 Å². The van der Waals surface area contributed by atoms with Crippen molar-refractivity contribution in [2.45, 2.75) is 22.8 Å². The molecule has 2 atom stereocenters. The maximum atomic E-state index is 5.49. The van der Waals surface area contributed by atoms with Crippen molar-refractivity contribution in [2.75, 3.05) is 0 Å². The molecule has 1 aliphatic carbocycles. The lowest BCUT2D eigenvalue weighted by molar-refractivity contribution is 0.976. The summed E-state index contributed by atoms with van der Waals surface area (Å²) in [5.41, 5.74) is 5.49. The van der Waals surface area contributed by atoms with Crippen LogP contribution in [-0.2, 0) is 0 Å². The van der Waals surface area contributed by atoms with Crippen LogP contribution in [0.2, 0.25) is 0 Å². The molecule has 2 unspecified atom stereocenters. The molecule has 0 aromatic heterocycles. The molecule has 1 saturated carbocycles. The number of nitrogens with two attached hydrogens (primary N) is 1. The summed E-state index contributed by atoms with van der Waals surface area (Å²) in [6.45, 7) is 2.18. The summed E-state index contributed by atoms with van der Waals surface area (Å²) in [5, 5.41) is 0. The quantitative estimate of drug-likeness (QED) is 0.453. The van der Waals surface area contributed by atoms with E-state index in [4.69, 9.17) is 5.73 Å². The fourth-order valence-corrected chi connectivity index (χ4v) is 0.846. The van der Waals surface area contributed by atoms with Gasteiger partial charge in [-0.3, -0.25) is 0 Å². The Bertz CT molecular complexity index is 69.9. The fraction of sp³-hybridized carbons (Fsp3) is 1.00. The van der Waals surface area contributed by atoms with Crippen LogP contribution < -0.4 is 5.73 Å². The lowest BCUT2D eigenvalue weighted by Crippen LogP contribution is -2.08. The number of halogens is 1. The molecule has 0 aliphatic heterocycles. The zero-order valence-electron chi connectivity index (χ0n) is 3.74. The molecule has 0 spiro atoms. The summed E-state index contributed by atoms with van der Waals surface area (Å²) in [6.07, 6.45) is 1.20. The molecule has 0 aromatic rings. The third-order valence-corrected chi connectivity index (χ3v) is 2.47. The summed E-state index contributed by atoms with van der Waals surface area (Å²) in [6, 6.07) is 0.484. The molecule has 0 amide bonds. The Morgan fingerprint density at radius 3 is 2.17 bits per heavy atom. The van der Waals surface area contributed by atoms with Crippen molar-refractivity contribution in [3.8, 4) is 0 Å². The smallest absolute Gasteiger partial charge is 0.0360 e. The van der Waals surface area contributed by atoms with Gasteiger partial charge in [-0.2, -0.15) is 0 Å². The minimum absolute atomic E-state index is 0.456. The summed E-state index contributed by atoms with van der Waals surface area (Å²) < 4.78 is 0.456. The minimum Gasteiger partial charge on any atom is -0.326 e. The van der Waals surface area contributed by atoms with Crippen molar-refractivity contribution < 1.29 is 0 Å². The Morgan fingerprint density at radius 1 is 2.00 bits per heavy atom. The standard InChI is InChI=1S/C4H8IN/c1-4(5)2-3(4)6/h3H,2,6H2,1H3. The van der Waals surface area contributed by atoms with Crippen LogP contribution in [0.25, 0.3) is 0 Å². The van der Waals surface area contributed by atoms with Gasteiger partial charge in [0.25, 0.3) is 0 Å². The van der Waals surface area contributed by atoms with Crippen molar-refractivity contribution in [2.24, 2.45) is 5.73 Å². The van der Waals surface area contributed by atoms with Crippen molar-refractivity contribution in [1.29, 1.82) is 0 Å². The van der Waals surface area contributed by atoms with Gasteiger partial charge in [-0.1, -0.05) is 22.6 Å². The van der Waals surface area contributed by atoms with Gasteiger partial charge in [0.1, 0.15) is 0 Å². The predicted molar refractivity (Wildman–Crippen MR) is 35.0 cm³/mol. The van der Waals surface area contributed by atoms with Gasteiger partial charge in [-0.15, -0.1) is 0 Å². The van der Waals surface area contributed by atoms with Crippen molar-refractivity contribution in [3.05, 3.63) is 0 Å². The lowest BCUT2D eigenvalue weighted by atomic mass is 10.5. The van der Waals surface area contributed by atoms with Gasteiger partial charge >= 0.3 is 0 Å². The maximum Gasteiger partial charge on any atom is 0.0360 e. The number of hydrogen-bond donors (Lipinski definition) is 1. The van der Waals surface area contributed by atoms with Crippen molar-refractivity contribution in [1.82, 2.24) is 0 Å². The molecule has 0 saturated heterocycles. The molecule has 2 N–H and O–H groups in total. The fourth-order valence-electron chi connectivity index (χ4n) is 0.371. The molecule has 0 bridgehead atoms. The Balaban J connectivity index is 2.41. The van der Waals surface area contributed by atoms with Gasteiger partial charge in [0, 0.05) is 9.46 Å². The molecule has 1 aliphatic rings. The maximum absolute atomic E-state index is 5.49. The third kappa shape index (κ3) is 0.680. The van der Waals surface area contributed by atoms with Crippen LogP contribution in [0.3, 0.4) is 0 Å². The largest absolute Gasteiger partial charge is 0.326 e. The summed E-state index contributed by atoms with van der Waals surface area (Å²) in [5.74, 6) is 0. The van der Waals surface area contributed by atoms with E-state index in [1.165, 1.54) is 6.42 Å². The van der Waals surface area contributed by atoms with Crippen LogP contribution in [0.5, 0.6) is 0 Å². The summed E-state index contributed by atoms with van der Waals surface area (Å²) in [7, 11) is 0. The van der Waals surface area contributed by atoms with Gasteiger partial charge in [0.2, 0.25) is 0 Å². The van der Waals surface area contributed by atoms with E-state index in [-0.39, 0.29) is 0 Å². The first-order chi connectivity index (χ1) is 2.63. The summed E-state index contributed by atoms with van der Waals surface area (Å²) >= 11 is 2.39. The van der Waals surface area contributed by atoms with Gasteiger partial charge in [0.05, 0.1) is 0 Å². The highest BCUT2D eigenvalue weighted by Crippen LogP contribution is 2.42. The third-order valence-electron chi connectivity index (χ3n) is 1.23. The van der Waals surface area contributed by atoms with E-state index in [9.17, 15) is 0 Å². The van der Waals surface area contributed by atoms with E-state index in [2.05, 4.69) is 29.5 Å². The topological polar surface area (TPSA) is 26.0 Å². The second-order valence-electron chi connectivity index (χ2n) is 2.09. The van der Waals surface area contributed by atoms with Crippen molar-refractivity contribution in [3.63, 3.8) is 0 Å². The number of rotatable bonds is 0. The van der Waals surface area contributed by atoms with Gasteiger partial charge in [-0.25, -0.2) is 0 Å². The average molecular weight is 197 g/mol. The zero-order chi connectivity index (χ0) is 4.78. The van der Waals surface area contributed by atoms with Gasteiger partial charge in [-0.05, 0) is 13.3 Å². The minimum atomic E-state index is 0.456. The Kier molecular flexibility index (Phi) is 0.883. The molecule has 1 nitrogen and oxygen atoms in total. The number of hydrogen-bond acceptors (Lipinski definition) is 1. The highest BCUT2D eigenvalue weighted by molar-refractivity contribution is 14.1. The molecule has 0 aromatic carbocycles. The molecular weight excluding hydrogens is 189 g/mol. The van der Waals surface area contributed by atoms with Crippen molar-refractivity contribution >= 4 is 22.6 Å². The van der Waals surface area contributed by atoms with E-state index in [0.717, 1.165) is 0 Å². The van der Waals surface area contributed by atoms with E-state index in [0.29, 0.717) is 9.46 Å². The number of alkyl halides is 1. The molecule has 0 heterocycles. The first kappa shape index (κ1) is 4.84.